The van der Waals surface area contributed by atoms with Crippen LogP contribution in [0.25, 0.3) is 0 Å². The Hall–Kier alpha value is -1.41. The molecule has 0 aromatic carbocycles. The molecule has 3 rings (SSSR count). The van der Waals surface area contributed by atoms with E-state index in [1.54, 1.807) is 22.7 Å². The number of ether oxygens (including phenoxy) is 1. The molecule has 1 aliphatic rings. The number of carbonyl (C=O) groups is 1. The lowest BCUT2D eigenvalue weighted by Gasteiger charge is -2.28. The van der Waals surface area contributed by atoms with E-state index in [-0.39, 0.29) is 24.3 Å². The number of nitrogens with one attached hydrogen (secondary N) is 1. The molecule has 29 heavy (non-hydrogen) atoms. The fourth-order valence-electron chi connectivity index (χ4n) is 3.56. The number of esters is 1. The van der Waals surface area contributed by atoms with E-state index in [4.69, 9.17) is 9.57 Å². The molecule has 1 unspecified atom stereocenters. The van der Waals surface area contributed by atoms with Crippen molar-refractivity contribution < 1.29 is 31.7 Å². The van der Waals surface area contributed by atoms with Gasteiger partial charge in [0.05, 0.1) is 29.5 Å². The second-order valence-corrected chi connectivity index (χ2v) is 9.02. The highest BCUT2D eigenvalue weighted by molar-refractivity contribution is 7.16. The molecule has 2 aromatic heterocycles. The zero-order chi connectivity index (χ0) is 19.9. The molecule has 1 fully saturated rings. The van der Waals surface area contributed by atoms with Gasteiger partial charge in [0.15, 0.2) is 6.61 Å². The zero-order valence-corrected chi connectivity index (χ0v) is 19.6. The summed E-state index contributed by atoms with van der Waals surface area (Å²) in [5, 5.41) is 8.72. The Labute approximate surface area is 187 Å². The molecule has 0 spiro atoms. The first kappa shape index (κ1) is 23.9. The van der Waals surface area contributed by atoms with Crippen LogP contribution in [0.5, 0.6) is 0 Å². The average Bonchev–Trinajstić information content (AvgIpc) is 3.31. The summed E-state index contributed by atoms with van der Waals surface area (Å²) >= 11 is 3.40. The van der Waals surface area contributed by atoms with Gasteiger partial charge < -0.3 is 26.9 Å². The molecule has 1 aliphatic heterocycles. The summed E-state index contributed by atoms with van der Waals surface area (Å²) in [5.74, 6) is -0.0347. The van der Waals surface area contributed by atoms with Crippen LogP contribution in [0, 0.1) is 19.8 Å². The van der Waals surface area contributed by atoms with Crippen LogP contribution in [-0.2, 0) is 14.4 Å². The average molecular weight is 457 g/mol. The Balaban J connectivity index is 0.00000300. The number of quaternary nitrogens is 1. The van der Waals surface area contributed by atoms with Gasteiger partial charge in [-0.2, -0.15) is 0 Å². The van der Waals surface area contributed by atoms with Crippen molar-refractivity contribution in [1.82, 2.24) is 0 Å². The first-order valence-electron chi connectivity index (χ1n) is 9.89. The van der Waals surface area contributed by atoms with E-state index < -0.39 is 0 Å². The lowest BCUT2D eigenvalue weighted by Crippen LogP contribution is -3.14. The van der Waals surface area contributed by atoms with Crippen molar-refractivity contribution in [3.63, 3.8) is 0 Å². The van der Waals surface area contributed by atoms with Gasteiger partial charge in [0.2, 0.25) is 0 Å². The van der Waals surface area contributed by atoms with Crippen molar-refractivity contribution in [2.24, 2.45) is 11.1 Å². The van der Waals surface area contributed by atoms with Crippen molar-refractivity contribution in [3.05, 3.63) is 43.8 Å². The monoisotopic (exact) mass is 456 g/mol. The maximum atomic E-state index is 12.0. The van der Waals surface area contributed by atoms with E-state index in [0.717, 1.165) is 38.2 Å². The maximum absolute atomic E-state index is 12.0. The highest BCUT2D eigenvalue weighted by atomic mass is 35.5. The van der Waals surface area contributed by atoms with Crippen LogP contribution >= 0.6 is 22.7 Å². The molecule has 8 heteroatoms. The Bertz CT molecular complexity index is 776. The molecule has 0 amide bonds. The number of aryl methyl sites for hydroxylation is 2. The fraction of sp³-hybridized carbons (Fsp3) is 0.524. The van der Waals surface area contributed by atoms with Crippen LogP contribution in [0.4, 0.5) is 0 Å². The van der Waals surface area contributed by atoms with Crippen LogP contribution in [0.15, 0.2) is 28.0 Å². The van der Waals surface area contributed by atoms with Gasteiger partial charge in [0.25, 0.3) is 0 Å². The third kappa shape index (κ3) is 6.28. The molecular weight excluding hydrogens is 428 g/mol. The van der Waals surface area contributed by atoms with Gasteiger partial charge in [-0.3, -0.25) is 4.79 Å². The molecule has 0 saturated carbocycles. The minimum absolute atomic E-state index is 0. The number of thiophene rings is 2. The van der Waals surface area contributed by atoms with E-state index >= 15 is 0 Å². The first-order chi connectivity index (χ1) is 13.6. The molecule has 0 radical (unpaired) electrons. The minimum atomic E-state index is -0.0535. The molecule has 2 atom stereocenters. The van der Waals surface area contributed by atoms with Crippen LogP contribution < -0.4 is 17.3 Å². The molecule has 0 aliphatic carbocycles. The number of hydrogen-bond acceptors (Lipinski definition) is 6. The van der Waals surface area contributed by atoms with E-state index in [9.17, 15) is 4.79 Å². The summed E-state index contributed by atoms with van der Waals surface area (Å²) < 4.78 is 5.19. The fourth-order valence-corrected chi connectivity index (χ4v) is 5.45. The van der Waals surface area contributed by atoms with Gasteiger partial charge in [0.1, 0.15) is 18.2 Å². The van der Waals surface area contributed by atoms with Crippen molar-refractivity contribution >= 4 is 34.4 Å². The summed E-state index contributed by atoms with van der Waals surface area (Å²) in [6.07, 6.45) is 1.98. The number of carbonyl (C=O) groups excluding carboxylic acids is 1. The molecule has 0 bridgehead atoms. The second-order valence-electron chi connectivity index (χ2n) is 7.18. The highest BCUT2D eigenvalue weighted by Gasteiger charge is 2.29. The lowest BCUT2D eigenvalue weighted by molar-refractivity contribution is -0.908. The van der Waals surface area contributed by atoms with Crippen LogP contribution in [-0.4, -0.2) is 44.5 Å². The summed E-state index contributed by atoms with van der Waals surface area (Å²) in [6.45, 7) is 9.82. The Morgan fingerprint density at radius 2 is 1.86 bits per heavy atom. The van der Waals surface area contributed by atoms with Crippen LogP contribution in [0.2, 0.25) is 0 Å². The van der Waals surface area contributed by atoms with Crippen molar-refractivity contribution in [1.29, 1.82) is 0 Å². The van der Waals surface area contributed by atoms with Gasteiger partial charge in [-0.05, 0) is 67.6 Å². The standard InChI is InChI=1S/C21H28N2O3S2.ClH/c1-4-25-21(24)17-6-5-9-23(14-17)10-11-26-22-18(19-15(2)7-12-27-19)20-16(3)8-13-28-20;/h7-8,12-13,17H,4-6,9-11,14H2,1-3H3;1H/t17-;/m1./s1. The SMILES string of the molecule is CCOC(=O)[C@@H]1CCC[NH+](CCON=C(c2sccc2C)c2sccc2C)C1.[Cl-]. The number of oxime groups is 1. The number of halogens is 1. The summed E-state index contributed by atoms with van der Waals surface area (Å²) in [5.41, 5.74) is 3.37. The Morgan fingerprint density at radius 3 is 2.41 bits per heavy atom. The molecule has 2 aromatic rings. The molecule has 1 N–H and O–H groups in total. The second kappa shape index (κ2) is 11.7. The van der Waals surface area contributed by atoms with E-state index in [2.05, 4.69) is 41.9 Å². The third-order valence-corrected chi connectivity index (χ3v) is 7.14. The van der Waals surface area contributed by atoms with Crippen molar-refractivity contribution in [2.45, 2.75) is 33.6 Å². The van der Waals surface area contributed by atoms with E-state index in [1.165, 1.54) is 25.8 Å². The Morgan fingerprint density at radius 1 is 1.21 bits per heavy atom. The smallest absolute Gasteiger partial charge is 0.314 e. The summed E-state index contributed by atoms with van der Waals surface area (Å²) in [4.78, 5) is 21.5. The number of piperidine rings is 1. The molecule has 160 valence electrons. The van der Waals surface area contributed by atoms with Gasteiger partial charge in [0, 0.05) is 0 Å². The van der Waals surface area contributed by atoms with Gasteiger partial charge in [-0.1, -0.05) is 5.16 Å². The molecule has 1 saturated heterocycles. The van der Waals surface area contributed by atoms with Crippen LogP contribution in [0.3, 0.4) is 0 Å². The normalized spacial score (nSPS) is 18.6. The zero-order valence-electron chi connectivity index (χ0n) is 17.2. The van der Waals surface area contributed by atoms with E-state index in [1.807, 2.05) is 6.92 Å². The maximum Gasteiger partial charge on any atom is 0.314 e. The highest BCUT2D eigenvalue weighted by Crippen LogP contribution is 2.26. The predicted octanol–water partition coefficient (Wildman–Crippen LogP) is 0.0574. The Kier molecular flexibility index (Phi) is 9.62. The van der Waals surface area contributed by atoms with Gasteiger partial charge in [-0.15, -0.1) is 22.7 Å². The number of nitrogens with zero attached hydrogens (tertiary/aromatic N) is 1. The topological polar surface area (TPSA) is 52.3 Å². The number of rotatable bonds is 8. The van der Waals surface area contributed by atoms with E-state index in [0.29, 0.717) is 13.2 Å². The molecular formula is C21H29ClN2O3S2. The summed E-state index contributed by atoms with van der Waals surface area (Å²) in [6, 6.07) is 4.23. The van der Waals surface area contributed by atoms with Crippen molar-refractivity contribution in [3.8, 4) is 0 Å². The number of hydrogen-bond donors (Lipinski definition) is 1. The summed E-state index contributed by atoms with van der Waals surface area (Å²) in [7, 11) is 0. The first-order valence-corrected chi connectivity index (χ1v) is 11.6. The molecule has 3 heterocycles. The predicted molar refractivity (Wildman–Crippen MR) is 115 cm³/mol. The number of likely N-dealkylation sites (tertiary alicyclic amines) is 1. The van der Waals surface area contributed by atoms with Crippen molar-refractivity contribution in [2.75, 3.05) is 32.8 Å². The lowest BCUT2D eigenvalue weighted by atomic mass is 9.98. The van der Waals surface area contributed by atoms with Gasteiger partial charge >= 0.3 is 5.97 Å². The van der Waals surface area contributed by atoms with Crippen LogP contribution in [0.1, 0.15) is 40.6 Å². The molecule has 5 nitrogen and oxygen atoms in total. The van der Waals surface area contributed by atoms with Gasteiger partial charge in [-0.25, -0.2) is 0 Å². The minimum Gasteiger partial charge on any atom is -1.00 e. The third-order valence-electron chi connectivity index (χ3n) is 5.09. The largest absolute Gasteiger partial charge is 1.00 e. The quantitative estimate of drug-likeness (QED) is 0.264.